The second-order valence-electron chi connectivity index (χ2n) is 3.14. The first-order valence-electron chi connectivity index (χ1n) is 4.44. The van der Waals surface area contributed by atoms with Crippen LogP contribution in [0.3, 0.4) is 0 Å². The summed E-state index contributed by atoms with van der Waals surface area (Å²) < 4.78 is 5.52. The molecular formula is C10H12ClNO. The van der Waals surface area contributed by atoms with Crippen molar-refractivity contribution in [2.75, 3.05) is 19.0 Å². The second kappa shape index (κ2) is 3.46. The molecule has 0 saturated heterocycles. The Morgan fingerprint density at radius 1 is 1.46 bits per heavy atom. The SMILES string of the molecule is CNc1cc2c(cc1Cl)CCCO2. The van der Waals surface area contributed by atoms with Gasteiger partial charge < -0.3 is 10.1 Å². The molecule has 0 aromatic heterocycles. The molecular weight excluding hydrogens is 186 g/mol. The summed E-state index contributed by atoms with van der Waals surface area (Å²) in [7, 11) is 1.86. The van der Waals surface area contributed by atoms with E-state index in [2.05, 4.69) is 5.32 Å². The Morgan fingerprint density at radius 3 is 3.08 bits per heavy atom. The van der Waals surface area contributed by atoms with E-state index in [0.29, 0.717) is 0 Å². The quantitative estimate of drug-likeness (QED) is 0.748. The lowest BCUT2D eigenvalue weighted by Gasteiger charge is -2.18. The molecule has 1 aliphatic heterocycles. The fourth-order valence-electron chi connectivity index (χ4n) is 1.56. The molecule has 0 saturated carbocycles. The van der Waals surface area contributed by atoms with Crippen LogP contribution in [0, 0.1) is 0 Å². The van der Waals surface area contributed by atoms with Crippen LogP contribution in [0.15, 0.2) is 12.1 Å². The van der Waals surface area contributed by atoms with Crippen molar-refractivity contribution in [2.45, 2.75) is 12.8 Å². The van der Waals surface area contributed by atoms with E-state index in [1.54, 1.807) is 0 Å². The Balaban J connectivity index is 2.44. The summed E-state index contributed by atoms with van der Waals surface area (Å²) in [4.78, 5) is 0. The van der Waals surface area contributed by atoms with Crippen molar-refractivity contribution in [1.29, 1.82) is 0 Å². The van der Waals surface area contributed by atoms with Gasteiger partial charge in [0.15, 0.2) is 0 Å². The highest BCUT2D eigenvalue weighted by atomic mass is 35.5. The molecule has 2 rings (SSSR count). The lowest BCUT2D eigenvalue weighted by Crippen LogP contribution is -2.08. The summed E-state index contributed by atoms with van der Waals surface area (Å²) in [6.07, 6.45) is 2.15. The molecule has 1 aliphatic rings. The lowest BCUT2D eigenvalue weighted by atomic mass is 10.1. The monoisotopic (exact) mass is 197 g/mol. The predicted octanol–water partition coefficient (Wildman–Crippen LogP) is 2.71. The first-order chi connectivity index (χ1) is 6.31. The van der Waals surface area contributed by atoms with Crippen LogP contribution in [0.2, 0.25) is 5.02 Å². The highest BCUT2D eigenvalue weighted by Crippen LogP contribution is 2.33. The average molecular weight is 198 g/mol. The Morgan fingerprint density at radius 2 is 2.31 bits per heavy atom. The molecule has 0 radical (unpaired) electrons. The third-order valence-electron chi connectivity index (χ3n) is 2.27. The van der Waals surface area contributed by atoms with Gasteiger partial charge in [0.05, 0.1) is 17.3 Å². The smallest absolute Gasteiger partial charge is 0.124 e. The maximum atomic E-state index is 6.04. The van der Waals surface area contributed by atoms with Gasteiger partial charge in [0.25, 0.3) is 0 Å². The van der Waals surface area contributed by atoms with Gasteiger partial charge >= 0.3 is 0 Å². The van der Waals surface area contributed by atoms with E-state index in [0.717, 1.165) is 35.9 Å². The molecule has 3 heteroatoms. The maximum Gasteiger partial charge on any atom is 0.124 e. The first-order valence-corrected chi connectivity index (χ1v) is 4.82. The molecule has 0 bridgehead atoms. The number of hydrogen-bond donors (Lipinski definition) is 1. The summed E-state index contributed by atoms with van der Waals surface area (Å²) in [5.41, 5.74) is 2.15. The van der Waals surface area contributed by atoms with Crippen LogP contribution in [0.25, 0.3) is 0 Å². The Bertz CT molecular complexity index is 325. The van der Waals surface area contributed by atoms with Gasteiger partial charge in [-0.05, 0) is 24.5 Å². The normalized spacial score (nSPS) is 14.6. The Labute approximate surface area is 82.9 Å². The minimum Gasteiger partial charge on any atom is -0.493 e. The van der Waals surface area contributed by atoms with Crippen molar-refractivity contribution in [3.63, 3.8) is 0 Å². The lowest BCUT2D eigenvalue weighted by molar-refractivity contribution is 0.288. The number of ether oxygens (including phenoxy) is 1. The minimum atomic E-state index is 0.770. The number of rotatable bonds is 1. The number of anilines is 1. The van der Waals surface area contributed by atoms with E-state index in [1.165, 1.54) is 5.56 Å². The molecule has 13 heavy (non-hydrogen) atoms. The first kappa shape index (κ1) is 8.70. The van der Waals surface area contributed by atoms with Crippen molar-refractivity contribution >= 4 is 17.3 Å². The largest absolute Gasteiger partial charge is 0.493 e. The second-order valence-corrected chi connectivity index (χ2v) is 3.55. The van der Waals surface area contributed by atoms with Crippen LogP contribution < -0.4 is 10.1 Å². The zero-order valence-corrected chi connectivity index (χ0v) is 8.32. The molecule has 1 N–H and O–H groups in total. The number of halogens is 1. The molecule has 0 spiro atoms. The van der Waals surface area contributed by atoms with E-state index in [4.69, 9.17) is 16.3 Å². The predicted molar refractivity (Wildman–Crippen MR) is 54.8 cm³/mol. The molecule has 1 aromatic rings. The van der Waals surface area contributed by atoms with E-state index < -0.39 is 0 Å². The number of hydrogen-bond acceptors (Lipinski definition) is 2. The summed E-state index contributed by atoms with van der Waals surface area (Å²) in [6.45, 7) is 0.817. The van der Waals surface area contributed by atoms with Gasteiger partial charge in [-0.25, -0.2) is 0 Å². The van der Waals surface area contributed by atoms with Crippen molar-refractivity contribution in [2.24, 2.45) is 0 Å². The van der Waals surface area contributed by atoms with E-state index >= 15 is 0 Å². The summed E-state index contributed by atoms with van der Waals surface area (Å²) in [5.74, 6) is 0.972. The molecule has 1 heterocycles. The number of aryl methyl sites for hydroxylation is 1. The third kappa shape index (κ3) is 1.59. The Kier molecular flexibility index (Phi) is 2.32. The van der Waals surface area contributed by atoms with Crippen LogP contribution in [0.1, 0.15) is 12.0 Å². The van der Waals surface area contributed by atoms with Crippen molar-refractivity contribution in [3.05, 3.63) is 22.7 Å². The topological polar surface area (TPSA) is 21.3 Å². The van der Waals surface area contributed by atoms with Gasteiger partial charge in [0, 0.05) is 13.1 Å². The van der Waals surface area contributed by atoms with Gasteiger partial charge in [0.2, 0.25) is 0 Å². The van der Waals surface area contributed by atoms with Crippen LogP contribution in [-0.4, -0.2) is 13.7 Å². The van der Waals surface area contributed by atoms with Crippen LogP contribution >= 0.6 is 11.6 Å². The molecule has 70 valence electrons. The van der Waals surface area contributed by atoms with Crippen molar-refractivity contribution in [3.8, 4) is 5.75 Å². The van der Waals surface area contributed by atoms with E-state index in [1.807, 2.05) is 19.2 Å². The zero-order chi connectivity index (χ0) is 9.26. The third-order valence-corrected chi connectivity index (χ3v) is 2.58. The molecule has 2 nitrogen and oxygen atoms in total. The number of fused-ring (bicyclic) bond motifs is 1. The number of nitrogens with one attached hydrogen (secondary N) is 1. The molecule has 0 aliphatic carbocycles. The fourth-order valence-corrected chi connectivity index (χ4v) is 1.84. The molecule has 0 fully saturated rings. The highest BCUT2D eigenvalue weighted by molar-refractivity contribution is 6.33. The summed E-state index contributed by atoms with van der Waals surface area (Å²) in [6, 6.07) is 3.96. The molecule has 0 unspecified atom stereocenters. The number of benzene rings is 1. The molecule has 1 aromatic carbocycles. The van der Waals surface area contributed by atoms with Gasteiger partial charge in [-0.15, -0.1) is 0 Å². The van der Waals surface area contributed by atoms with Gasteiger partial charge in [-0.2, -0.15) is 0 Å². The summed E-state index contributed by atoms with van der Waals surface area (Å²) >= 11 is 6.04. The Hall–Kier alpha value is -0.890. The average Bonchev–Trinajstić information content (AvgIpc) is 2.17. The molecule has 0 atom stereocenters. The van der Waals surface area contributed by atoms with Gasteiger partial charge in [-0.1, -0.05) is 11.6 Å². The van der Waals surface area contributed by atoms with Crippen molar-refractivity contribution in [1.82, 2.24) is 0 Å². The zero-order valence-electron chi connectivity index (χ0n) is 7.56. The van der Waals surface area contributed by atoms with Gasteiger partial charge in [-0.3, -0.25) is 0 Å². The minimum absolute atomic E-state index is 0.770. The fraction of sp³-hybridized carbons (Fsp3) is 0.400. The maximum absolute atomic E-state index is 6.04. The summed E-state index contributed by atoms with van der Waals surface area (Å²) in [5, 5.41) is 3.80. The van der Waals surface area contributed by atoms with Gasteiger partial charge in [0.1, 0.15) is 5.75 Å². The van der Waals surface area contributed by atoms with E-state index in [9.17, 15) is 0 Å². The van der Waals surface area contributed by atoms with Crippen LogP contribution in [-0.2, 0) is 6.42 Å². The molecule has 0 amide bonds. The van der Waals surface area contributed by atoms with E-state index in [-0.39, 0.29) is 0 Å². The van der Waals surface area contributed by atoms with Crippen LogP contribution in [0.4, 0.5) is 5.69 Å². The van der Waals surface area contributed by atoms with Crippen LogP contribution in [0.5, 0.6) is 5.75 Å². The van der Waals surface area contributed by atoms with Crippen molar-refractivity contribution < 1.29 is 4.74 Å². The highest BCUT2D eigenvalue weighted by Gasteiger charge is 2.12. The standard InChI is InChI=1S/C10H12ClNO/c1-12-9-6-10-7(5-8(9)11)3-2-4-13-10/h5-6,12H,2-4H2,1H3.